The lowest BCUT2D eigenvalue weighted by molar-refractivity contribution is -0.140. The number of hydrogen-bond acceptors (Lipinski definition) is 5. The number of hydrogen-bond donors (Lipinski definition) is 1. The highest BCUT2D eigenvalue weighted by Gasteiger charge is 2.34. The van der Waals surface area contributed by atoms with Crippen molar-refractivity contribution in [2.75, 3.05) is 19.1 Å². The number of aryl methyl sites for hydroxylation is 1. The highest BCUT2D eigenvalue weighted by molar-refractivity contribution is 5.96. The Morgan fingerprint density at radius 1 is 1.22 bits per heavy atom. The number of rotatable bonds is 5. The molecule has 0 bridgehead atoms. The molecule has 0 atom stereocenters. The molecule has 1 aliphatic carbocycles. The molecule has 0 aliphatic heterocycles. The Labute approximate surface area is 183 Å². The topological polar surface area (TPSA) is 76.7 Å². The Balaban J connectivity index is 1.42. The number of fused-ring (bicyclic) bond motifs is 1. The smallest absolute Gasteiger partial charge is 0.434 e. The summed E-state index contributed by atoms with van der Waals surface area (Å²) < 4.78 is 47.4. The number of anilines is 1. The molecule has 0 saturated heterocycles. The summed E-state index contributed by atoms with van der Waals surface area (Å²) in [6.45, 7) is 0. The zero-order chi connectivity index (χ0) is 23.0. The van der Waals surface area contributed by atoms with Crippen LogP contribution >= 0.6 is 0 Å². The molecule has 3 heterocycles. The number of aromatic nitrogens is 4. The Hall–Kier alpha value is -3.24. The van der Waals surface area contributed by atoms with Gasteiger partial charge in [0.25, 0.3) is 5.91 Å². The molecular formula is C21H25F3N6O2. The SMILES string of the molecule is COc1nn(C)cc1C(=O)N[C@H]1CC[C@@H](N(C)c2cccc3nc(C(F)(F)F)cn23)CC1. The fourth-order valence-electron chi connectivity index (χ4n) is 4.25. The molecule has 0 radical (unpaired) electrons. The van der Waals surface area contributed by atoms with Crippen LogP contribution in [0.15, 0.2) is 30.6 Å². The predicted molar refractivity (Wildman–Crippen MR) is 112 cm³/mol. The molecule has 1 amide bonds. The molecule has 32 heavy (non-hydrogen) atoms. The van der Waals surface area contributed by atoms with E-state index in [0.717, 1.165) is 31.9 Å². The number of nitrogens with zero attached hydrogens (tertiary/aromatic N) is 5. The molecule has 0 spiro atoms. The summed E-state index contributed by atoms with van der Waals surface area (Å²) >= 11 is 0. The minimum atomic E-state index is -4.49. The average molecular weight is 450 g/mol. The maximum absolute atomic E-state index is 13.1. The third kappa shape index (κ3) is 4.23. The Bertz CT molecular complexity index is 1110. The zero-order valence-corrected chi connectivity index (χ0v) is 18.1. The van der Waals surface area contributed by atoms with Crippen molar-refractivity contribution in [3.8, 4) is 5.88 Å². The Kier molecular flexibility index (Phi) is 5.74. The minimum absolute atomic E-state index is 0.0120. The van der Waals surface area contributed by atoms with E-state index in [1.54, 1.807) is 31.4 Å². The highest BCUT2D eigenvalue weighted by Crippen LogP contribution is 2.32. The van der Waals surface area contributed by atoms with Gasteiger partial charge in [-0.15, -0.1) is 5.10 Å². The van der Waals surface area contributed by atoms with Crippen LogP contribution < -0.4 is 15.0 Å². The monoisotopic (exact) mass is 450 g/mol. The first kappa shape index (κ1) is 22.0. The number of amides is 1. The fraction of sp³-hybridized carbons (Fsp3) is 0.476. The molecule has 0 unspecified atom stereocenters. The van der Waals surface area contributed by atoms with Crippen LogP contribution in [-0.2, 0) is 13.2 Å². The van der Waals surface area contributed by atoms with Crippen LogP contribution in [0.1, 0.15) is 41.7 Å². The molecule has 8 nitrogen and oxygen atoms in total. The summed E-state index contributed by atoms with van der Waals surface area (Å²) in [5, 5.41) is 7.14. The van der Waals surface area contributed by atoms with Crippen molar-refractivity contribution in [1.82, 2.24) is 24.5 Å². The largest absolute Gasteiger partial charge is 0.479 e. The van der Waals surface area contributed by atoms with Gasteiger partial charge in [0.05, 0.1) is 7.11 Å². The summed E-state index contributed by atoms with van der Waals surface area (Å²) in [5.41, 5.74) is -0.259. The van der Waals surface area contributed by atoms with Gasteiger partial charge in [-0.25, -0.2) is 4.98 Å². The Morgan fingerprint density at radius 3 is 2.59 bits per heavy atom. The summed E-state index contributed by atoms with van der Waals surface area (Å²) in [5.74, 6) is 0.706. The molecular weight excluding hydrogens is 425 g/mol. The van der Waals surface area contributed by atoms with Crippen LogP contribution in [0.2, 0.25) is 0 Å². The Morgan fingerprint density at radius 2 is 1.94 bits per heavy atom. The normalized spacial score (nSPS) is 19.2. The fourth-order valence-corrected chi connectivity index (χ4v) is 4.25. The summed E-state index contributed by atoms with van der Waals surface area (Å²) in [4.78, 5) is 18.3. The number of pyridine rings is 1. The van der Waals surface area contributed by atoms with Crippen LogP contribution in [0, 0.1) is 0 Å². The molecule has 3 aromatic heterocycles. The van der Waals surface area contributed by atoms with Crippen LogP contribution in [0.5, 0.6) is 5.88 Å². The van der Waals surface area contributed by atoms with E-state index in [-0.39, 0.29) is 29.5 Å². The number of nitrogens with one attached hydrogen (secondary N) is 1. The van der Waals surface area contributed by atoms with E-state index in [9.17, 15) is 18.0 Å². The van der Waals surface area contributed by atoms with E-state index in [1.807, 2.05) is 11.9 Å². The van der Waals surface area contributed by atoms with E-state index in [2.05, 4.69) is 15.4 Å². The third-order valence-electron chi connectivity index (χ3n) is 5.93. The first-order chi connectivity index (χ1) is 15.2. The van der Waals surface area contributed by atoms with Crippen LogP contribution in [0.25, 0.3) is 5.65 Å². The van der Waals surface area contributed by atoms with Crippen molar-refractivity contribution >= 4 is 17.4 Å². The van der Waals surface area contributed by atoms with Gasteiger partial charge in [-0.1, -0.05) is 6.07 Å². The van der Waals surface area contributed by atoms with Crippen molar-refractivity contribution in [3.63, 3.8) is 0 Å². The van der Waals surface area contributed by atoms with Gasteiger partial charge >= 0.3 is 6.18 Å². The first-order valence-electron chi connectivity index (χ1n) is 10.3. The molecule has 1 aliphatic rings. The number of ether oxygens (including phenoxy) is 1. The van der Waals surface area contributed by atoms with Crippen molar-refractivity contribution in [2.45, 2.75) is 43.9 Å². The van der Waals surface area contributed by atoms with Gasteiger partial charge in [-0.05, 0) is 37.8 Å². The van der Waals surface area contributed by atoms with Gasteiger partial charge in [0, 0.05) is 38.6 Å². The third-order valence-corrected chi connectivity index (χ3v) is 5.93. The van der Waals surface area contributed by atoms with E-state index >= 15 is 0 Å². The van der Waals surface area contributed by atoms with Gasteiger partial charge in [0.2, 0.25) is 5.88 Å². The molecule has 1 N–H and O–H groups in total. The average Bonchev–Trinajstić information content (AvgIpc) is 3.37. The zero-order valence-electron chi connectivity index (χ0n) is 18.1. The number of methoxy groups -OCH3 is 1. The molecule has 1 fully saturated rings. The van der Waals surface area contributed by atoms with E-state index in [0.29, 0.717) is 11.4 Å². The lowest BCUT2D eigenvalue weighted by Crippen LogP contribution is -2.43. The number of alkyl halides is 3. The molecule has 4 rings (SSSR count). The van der Waals surface area contributed by atoms with Crippen molar-refractivity contribution in [1.29, 1.82) is 0 Å². The van der Waals surface area contributed by atoms with Gasteiger partial charge in [-0.3, -0.25) is 13.9 Å². The molecule has 1 saturated carbocycles. The summed E-state index contributed by atoms with van der Waals surface area (Å²) in [7, 11) is 5.07. The van der Waals surface area contributed by atoms with Gasteiger partial charge < -0.3 is 15.0 Å². The predicted octanol–water partition coefficient (Wildman–Crippen LogP) is 3.27. The quantitative estimate of drug-likeness (QED) is 0.646. The van der Waals surface area contributed by atoms with Crippen LogP contribution in [0.4, 0.5) is 19.0 Å². The number of halogens is 3. The highest BCUT2D eigenvalue weighted by atomic mass is 19.4. The molecule has 11 heteroatoms. The maximum Gasteiger partial charge on any atom is 0.434 e. The van der Waals surface area contributed by atoms with Crippen LogP contribution in [-0.4, -0.2) is 51.3 Å². The van der Waals surface area contributed by atoms with E-state index in [1.165, 1.54) is 16.2 Å². The first-order valence-corrected chi connectivity index (χ1v) is 10.3. The van der Waals surface area contributed by atoms with Gasteiger partial charge in [0.1, 0.15) is 17.0 Å². The maximum atomic E-state index is 13.1. The summed E-state index contributed by atoms with van der Waals surface area (Å²) in [6.07, 6.45) is 1.28. The molecule has 172 valence electrons. The number of carbonyl (C=O) groups is 1. The van der Waals surface area contributed by atoms with Gasteiger partial charge in [0.15, 0.2) is 5.69 Å². The van der Waals surface area contributed by atoms with Crippen molar-refractivity contribution in [2.24, 2.45) is 7.05 Å². The lowest BCUT2D eigenvalue weighted by atomic mass is 9.90. The standard InChI is InChI=1S/C21H25F3N6O2/c1-28-11-15(20(27-28)32-3)19(31)25-13-7-9-14(10-8-13)29(2)18-6-4-5-17-26-16(12-30(17)18)21(22,23)24/h4-6,11-14H,7-10H2,1-3H3,(H,25,31)/t13-,14+. The number of imidazole rings is 1. The lowest BCUT2D eigenvalue weighted by Gasteiger charge is -2.36. The van der Waals surface area contributed by atoms with Crippen LogP contribution in [0.3, 0.4) is 0 Å². The second kappa shape index (κ2) is 8.36. The molecule has 0 aromatic carbocycles. The second-order valence-electron chi connectivity index (χ2n) is 8.05. The number of carbonyl (C=O) groups excluding carboxylic acids is 1. The van der Waals surface area contributed by atoms with E-state index < -0.39 is 11.9 Å². The van der Waals surface area contributed by atoms with Crippen molar-refractivity contribution < 1.29 is 22.7 Å². The van der Waals surface area contributed by atoms with Gasteiger partial charge in [-0.2, -0.15) is 13.2 Å². The van der Waals surface area contributed by atoms with E-state index in [4.69, 9.17) is 4.74 Å². The van der Waals surface area contributed by atoms with Crippen molar-refractivity contribution in [3.05, 3.63) is 41.9 Å². The summed E-state index contributed by atoms with van der Waals surface area (Å²) in [6, 6.07) is 5.21. The molecule has 3 aromatic rings. The second-order valence-corrected chi connectivity index (χ2v) is 8.05. The minimum Gasteiger partial charge on any atom is -0.479 e.